The Labute approximate surface area is 219 Å². The Balaban J connectivity index is 1.78. The van der Waals surface area contributed by atoms with E-state index in [1.807, 2.05) is 20.8 Å². The first kappa shape index (κ1) is 26.5. The lowest BCUT2D eigenvalue weighted by atomic mass is 10.0. The number of amides is 2. The third kappa shape index (κ3) is 6.05. The molecule has 0 spiro atoms. The maximum absolute atomic E-state index is 13.9. The summed E-state index contributed by atoms with van der Waals surface area (Å²) in [4.78, 5) is 30.1. The Bertz CT molecular complexity index is 1420. The molecule has 4 rings (SSSR count). The number of hydrogen-bond donors (Lipinski definition) is 1. The fourth-order valence-corrected chi connectivity index (χ4v) is 3.91. The van der Waals surface area contributed by atoms with Crippen molar-refractivity contribution >= 4 is 17.5 Å². The molecule has 0 saturated carbocycles. The minimum Gasteiger partial charge on any atom is -0.495 e. The molecule has 0 aliphatic carbocycles. The minimum absolute atomic E-state index is 0.218. The molecule has 1 atom stereocenters. The third-order valence-electron chi connectivity index (χ3n) is 5.49. The summed E-state index contributed by atoms with van der Waals surface area (Å²) >= 11 is 0. The minimum atomic E-state index is -1.16. The van der Waals surface area contributed by atoms with Crippen LogP contribution in [0.1, 0.15) is 38.1 Å². The van der Waals surface area contributed by atoms with E-state index in [0.29, 0.717) is 28.5 Å². The van der Waals surface area contributed by atoms with Gasteiger partial charge in [0.05, 0.1) is 12.8 Å². The fraction of sp³-hybridized carbons (Fsp3) is 0.296. The quantitative estimate of drug-likeness (QED) is 0.372. The van der Waals surface area contributed by atoms with Crippen LogP contribution in [0.5, 0.6) is 5.75 Å². The molecule has 0 saturated heterocycles. The number of halogens is 1. The van der Waals surface area contributed by atoms with Crippen molar-refractivity contribution in [2.45, 2.75) is 45.8 Å². The lowest BCUT2D eigenvalue weighted by molar-refractivity contribution is -0.128. The summed E-state index contributed by atoms with van der Waals surface area (Å²) in [6.45, 7) is 6.95. The Morgan fingerprint density at radius 2 is 1.82 bits per heavy atom. The Morgan fingerprint density at radius 3 is 2.45 bits per heavy atom. The third-order valence-corrected chi connectivity index (χ3v) is 5.49. The van der Waals surface area contributed by atoms with Crippen LogP contribution in [0.25, 0.3) is 11.6 Å². The van der Waals surface area contributed by atoms with Gasteiger partial charge in [0.25, 0.3) is 5.91 Å². The highest BCUT2D eigenvalue weighted by atomic mass is 19.1. The van der Waals surface area contributed by atoms with Gasteiger partial charge in [-0.25, -0.2) is 4.39 Å². The second kappa shape index (κ2) is 10.8. The van der Waals surface area contributed by atoms with E-state index in [4.69, 9.17) is 9.15 Å². The predicted octanol–water partition coefficient (Wildman–Crippen LogP) is 4.08. The molecule has 198 valence electrons. The molecule has 2 aromatic heterocycles. The maximum Gasteiger partial charge on any atom is 0.251 e. The highest BCUT2D eigenvalue weighted by Gasteiger charge is 2.36. The first-order chi connectivity index (χ1) is 18.1. The molecule has 0 bridgehead atoms. The fourth-order valence-electron chi connectivity index (χ4n) is 3.91. The topological polar surface area (TPSA) is 115 Å². The Kier molecular flexibility index (Phi) is 7.56. The highest BCUT2D eigenvalue weighted by Crippen LogP contribution is 2.35. The number of hydrogen-bond acceptors (Lipinski definition) is 7. The van der Waals surface area contributed by atoms with E-state index in [9.17, 15) is 14.0 Å². The number of aromatic nitrogens is 4. The number of nitrogens with one attached hydrogen (secondary N) is 1. The molecule has 11 heteroatoms. The molecular formula is C27H29FN6O4. The van der Waals surface area contributed by atoms with Crippen LogP contribution in [0.2, 0.25) is 0 Å². The standard InChI is InChI=1S/C27H29FN6O4/c1-17-10-15-22(38-17)25-30-32-33(31-25)16-23(35)34(20-8-6-7-9-21(20)37-5)24(26(36)29-27(2,3)4)18-11-13-19(28)14-12-18/h6-15,24H,16H2,1-5H3,(H,29,36)/t24-/m0/s1. The van der Waals surface area contributed by atoms with Crippen molar-refractivity contribution in [1.29, 1.82) is 0 Å². The van der Waals surface area contributed by atoms with Gasteiger partial charge in [0.1, 0.15) is 29.9 Å². The van der Waals surface area contributed by atoms with Crippen molar-refractivity contribution < 1.29 is 23.1 Å². The van der Waals surface area contributed by atoms with Gasteiger partial charge < -0.3 is 14.5 Å². The van der Waals surface area contributed by atoms with Gasteiger partial charge in [0.15, 0.2) is 5.76 Å². The first-order valence-electron chi connectivity index (χ1n) is 11.9. The summed E-state index contributed by atoms with van der Waals surface area (Å²) in [5, 5.41) is 15.2. The summed E-state index contributed by atoms with van der Waals surface area (Å²) < 4.78 is 24.9. The number of anilines is 1. The second-order valence-electron chi connectivity index (χ2n) is 9.68. The van der Waals surface area contributed by atoms with E-state index < -0.39 is 29.2 Å². The van der Waals surface area contributed by atoms with E-state index in [1.165, 1.54) is 36.3 Å². The summed E-state index contributed by atoms with van der Waals surface area (Å²) in [7, 11) is 1.47. The van der Waals surface area contributed by atoms with E-state index in [2.05, 4.69) is 20.7 Å². The number of ether oxygens (including phenoxy) is 1. The van der Waals surface area contributed by atoms with Crippen molar-refractivity contribution in [3.05, 3.63) is 77.8 Å². The van der Waals surface area contributed by atoms with Crippen LogP contribution in [-0.2, 0) is 16.1 Å². The lowest BCUT2D eigenvalue weighted by Crippen LogP contribution is -2.50. The molecule has 38 heavy (non-hydrogen) atoms. The Hall–Kier alpha value is -4.54. The number of benzene rings is 2. The van der Waals surface area contributed by atoms with Crippen LogP contribution in [0.15, 0.2) is 65.1 Å². The van der Waals surface area contributed by atoms with Gasteiger partial charge in [-0.3, -0.25) is 14.5 Å². The van der Waals surface area contributed by atoms with Crippen LogP contribution in [-0.4, -0.2) is 44.7 Å². The van der Waals surface area contributed by atoms with Crippen molar-refractivity contribution in [3.8, 4) is 17.3 Å². The zero-order valence-electron chi connectivity index (χ0n) is 21.8. The molecule has 2 aromatic carbocycles. The largest absolute Gasteiger partial charge is 0.495 e. The second-order valence-corrected chi connectivity index (χ2v) is 9.68. The SMILES string of the molecule is COc1ccccc1N(C(=O)Cn1nnc(-c2ccc(C)o2)n1)[C@H](C(=O)NC(C)(C)C)c1ccc(F)cc1. The number of nitrogens with zero attached hydrogens (tertiary/aromatic N) is 5. The summed E-state index contributed by atoms with van der Waals surface area (Å²) in [5.41, 5.74) is 0.153. The molecular weight excluding hydrogens is 491 g/mol. The number of tetrazole rings is 1. The number of rotatable bonds is 8. The molecule has 0 aliphatic rings. The average molecular weight is 521 g/mol. The van der Waals surface area contributed by atoms with Gasteiger partial charge >= 0.3 is 0 Å². The van der Waals surface area contributed by atoms with Gasteiger partial charge in [-0.05, 0) is 74.9 Å². The number of methoxy groups -OCH3 is 1. The van der Waals surface area contributed by atoms with Crippen molar-refractivity contribution in [1.82, 2.24) is 25.5 Å². The van der Waals surface area contributed by atoms with Gasteiger partial charge in [-0.15, -0.1) is 10.2 Å². The number of furan rings is 1. The van der Waals surface area contributed by atoms with E-state index in [0.717, 1.165) is 4.80 Å². The normalized spacial score (nSPS) is 12.2. The first-order valence-corrected chi connectivity index (χ1v) is 11.9. The molecule has 2 heterocycles. The number of aryl methyl sites for hydroxylation is 1. The van der Waals surface area contributed by atoms with Crippen LogP contribution < -0.4 is 15.0 Å². The van der Waals surface area contributed by atoms with Crippen LogP contribution >= 0.6 is 0 Å². The summed E-state index contributed by atoms with van der Waals surface area (Å²) in [6.07, 6.45) is 0. The van der Waals surface area contributed by atoms with E-state index >= 15 is 0 Å². The number of para-hydroxylation sites is 2. The zero-order valence-corrected chi connectivity index (χ0v) is 21.8. The van der Waals surface area contributed by atoms with Crippen molar-refractivity contribution in [3.63, 3.8) is 0 Å². The van der Waals surface area contributed by atoms with Crippen LogP contribution in [0.3, 0.4) is 0 Å². The van der Waals surface area contributed by atoms with Crippen LogP contribution in [0, 0.1) is 12.7 Å². The molecule has 0 aliphatic heterocycles. The predicted molar refractivity (Wildman–Crippen MR) is 138 cm³/mol. The summed E-state index contributed by atoms with van der Waals surface area (Å²) in [5.74, 6) is 0.240. The van der Waals surface area contributed by atoms with Crippen molar-refractivity contribution in [2.24, 2.45) is 0 Å². The van der Waals surface area contributed by atoms with Gasteiger partial charge in [0.2, 0.25) is 11.7 Å². The highest BCUT2D eigenvalue weighted by molar-refractivity contribution is 6.02. The van der Waals surface area contributed by atoms with E-state index in [-0.39, 0.29) is 12.4 Å². The van der Waals surface area contributed by atoms with Crippen LogP contribution in [0.4, 0.5) is 10.1 Å². The van der Waals surface area contributed by atoms with Crippen molar-refractivity contribution in [2.75, 3.05) is 12.0 Å². The molecule has 0 unspecified atom stereocenters. The zero-order chi connectivity index (χ0) is 27.4. The monoisotopic (exact) mass is 520 g/mol. The van der Waals surface area contributed by atoms with Gasteiger partial charge in [0, 0.05) is 5.54 Å². The van der Waals surface area contributed by atoms with Gasteiger partial charge in [-0.2, -0.15) is 4.80 Å². The van der Waals surface area contributed by atoms with Gasteiger partial charge in [-0.1, -0.05) is 24.3 Å². The Morgan fingerprint density at radius 1 is 1.11 bits per heavy atom. The smallest absolute Gasteiger partial charge is 0.251 e. The molecule has 2 amide bonds. The number of carbonyl (C=O) groups is 2. The molecule has 0 fully saturated rings. The molecule has 4 aromatic rings. The maximum atomic E-state index is 13.9. The lowest BCUT2D eigenvalue weighted by Gasteiger charge is -2.34. The summed E-state index contributed by atoms with van der Waals surface area (Å²) in [6, 6.07) is 14.6. The molecule has 10 nitrogen and oxygen atoms in total. The molecule has 1 N–H and O–H groups in total. The number of carbonyl (C=O) groups excluding carboxylic acids is 2. The molecule has 0 radical (unpaired) electrons. The average Bonchev–Trinajstić information content (AvgIpc) is 3.51. The van der Waals surface area contributed by atoms with E-state index in [1.54, 1.807) is 43.3 Å².